The van der Waals surface area contributed by atoms with Crippen molar-refractivity contribution in [1.29, 1.82) is 0 Å². The van der Waals surface area contributed by atoms with E-state index < -0.39 is 0 Å². The zero-order valence-corrected chi connectivity index (χ0v) is 17.0. The van der Waals surface area contributed by atoms with Crippen molar-refractivity contribution >= 4 is 17.6 Å². The first-order valence-electron chi connectivity index (χ1n) is 9.22. The number of hydrogen-bond acceptors (Lipinski definition) is 3. The van der Waals surface area contributed by atoms with Gasteiger partial charge in [-0.05, 0) is 44.4 Å². The molecule has 0 aromatic heterocycles. The number of benzene rings is 1. The van der Waals surface area contributed by atoms with Gasteiger partial charge in [0.25, 0.3) is 0 Å². The zero-order valence-electron chi connectivity index (χ0n) is 17.0. The maximum Gasteiger partial charge on any atom is 0.224 e. The fourth-order valence-corrected chi connectivity index (χ4v) is 2.21. The maximum absolute atomic E-state index is 11.9. The molecule has 0 aliphatic heterocycles. The van der Waals surface area contributed by atoms with Crippen molar-refractivity contribution in [3.05, 3.63) is 29.8 Å². The summed E-state index contributed by atoms with van der Waals surface area (Å²) in [7, 11) is 1.70. The van der Waals surface area contributed by atoms with E-state index in [-0.39, 0.29) is 11.5 Å². The molecule has 146 valence electrons. The molecule has 0 heterocycles. The van der Waals surface area contributed by atoms with Crippen LogP contribution in [-0.2, 0) is 16.1 Å². The van der Waals surface area contributed by atoms with E-state index in [0.717, 1.165) is 23.8 Å². The van der Waals surface area contributed by atoms with E-state index in [4.69, 9.17) is 4.74 Å². The van der Waals surface area contributed by atoms with Crippen LogP contribution < -0.4 is 16.0 Å². The fraction of sp³-hybridized carbons (Fsp3) is 0.600. The Hall–Kier alpha value is -2.08. The molecule has 3 N–H and O–H groups in total. The first-order chi connectivity index (χ1) is 12.3. The molecule has 0 aliphatic carbocycles. The van der Waals surface area contributed by atoms with Crippen LogP contribution in [0.2, 0.25) is 0 Å². The number of aliphatic imine (C=N–C) groups is 1. The summed E-state index contributed by atoms with van der Waals surface area (Å²) in [6.07, 6.45) is 0.520. The van der Waals surface area contributed by atoms with E-state index in [1.54, 1.807) is 7.11 Å². The van der Waals surface area contributed by atoms with Crippen LogP contribution in [0.3, 0.4) is 0 Å². The van der Waals surface area contributed by atoms with Crippen LogP contribution >= 0.6 is 0 Å². The van der Waals surface area contributed by atoms with Gasteiger partial charge in [-0.25, -0.2) is 4.99 Å². The Balaban J connectivity index is 2.71. The molecular formula is C20H34N4O2. The molecule has 0 bridgehead atoms. The summed E-state index contributed by atoms with van der Waals surface area (Å²) in [6, 6.07) is 7.80. The summed E-state index contributed by atoms with van der Waals surface area (Å²) in [6.45, 7) is 12.1. The van der Waals surface area contributed by atoms with Crippen LogP contribution in [0.25, 0.3) is 0 Å². The lowest BCUT2D eigenvalue weighted by atomic mass is 10.1. The van der Waals surface area contributed by atoms with Crippen LogP contribution in [0, 0.1) is 5.92 Å². The number of hydrogen-bond donors (Lipinski definition) is 3. The van der Waals surface area contributed by atoms with Gasteiger partial charge in [-0.3, -0.25) is 4.79 Å². The van der Waals surface area contributed by atoms with Crippen LogP contribution in [0.4, 0.5) is 5.69 Å². The molecule has 0 saturated heterocycles. The molecule has 1 aromatic carbocycles. The van der Waals surface area contributed by atoms with Crippen LogP contribution in [0.15, 0.2) is 29.3 Å². The number of amides is 1. The van der Waals surface area contributed by atoms with Crippen molar-refractivity contribution < 1.29 is 9.53 Å². The molecule has 26 heavy (non-hydrogen) atoms. The largest absolute Gasteiger partial charge is 0.377 e. The minimum atomic E-state index is -0.267. The maximum atomic E-state index is 11.9. The second-order valence-electron chi connectivity index (χ2n) is 7.36. The van der Waals surface area contributed by atoms with Crippen LogP contribution in [-0.4, -0.2) is 37.7 Å². The van der Waals surface area contributed by atoms with E-state index in [2.05, 4.69) is 20.9 Å². The zero-order chi connectivity index (χ0) is 19.6. The molecule has 0 fully saturated rings. The Bertz CT molecular complexity index is 597. The molecule has 0 unspecified atom stereocenters. The molecule has 6 heteroatoms. The first-order valence-corrected chi connectivity index (χ1v) is 9.22. The average Bonchev–Trinajstić information content (AvgIpc) is 2.57. The Morgan fingerprint density at radius 2 is 2.00 bits per heavy atom. The summed E-state index contributed by atoms with van der Waals surface area (Å²) in [5.41, 5.74) is 1.58. The molecule has 1 amide bonds. The molecular weight excluding hydrogens is 328 g/mol. The number of methoxy groups -OCH3 is 1. The summed E-state index contributed by atoms with van der Waals surface area (Å²) < 4.78 is 5.42. The van der Waals surface area contributed by atoms with Gasteiger partial charge in [0.1, 0.15) is 0 Å². The van der Waals surface area contributed by atoms with Gasteiger partial charge in [0.15, 0.2) is 5.96 Å². The van der Waals surface area contributed by atoms with Crippen molar-refractivity contribution in [3.63, 3.8) is 0 Å². The highest BCUT2D eigenvalue weighted by Gasteiger charge is 2.16. The average molecular weight is 363 g/mol. The van der Waals surface area contributed by atoms with Gasteiger partial charge in [0.2, 0.25) is 5.91 Å². The number of carbonyl (C=O) groups is 1. The molecule has 1 aromatic rings. The van der Waals surface area contributed by atoms with Crippen LogP contribution in [0.5, 0.6) is 0 Å². The number of rotatable bonds is 9. The van der Waals surface area contributed by atoms with Crippen molar-refractivity contribution in [2.45, 2.75) is 53.2 Å². The molecule has 0 radical (unpaired) electrons. The topological polar surface area (TPSA) is 74.8 Å². The van der Waals surface area contributed by atoms with Crippen LogP contribution in [0.1, 0.15) is 46.6 Å². The third-order valence-corrected chi connectivity index (χ3v) is 3.80. The molecule has 0 atom stereocenters. The van der Waals surface area contributed by atoms with Gasteiger partial charge >= 0.3 is 0 Å². The Morgan fingerprint density at radius 1 is 1.27 bits per heavy atom. The van der Waals surface area contributed by atoms with Crippen molar-refractivity contribution in [3.8, 4) is 0 Å². The summed E-state index contributed by atoms with van der Waals surface area (Å²) >= 11 is 0. The number of ether oxygens (including phenoxy) is 1. The van der Waals surface area contributed by atoms with Gasteiger partial charge in [0, 0.05) is 32.3 Å². The van der Waals surface area contributed by atoms with Crippen molar-refractivity contribution in [1.82, 2.24) is 10.6 Å². The fourth-order valence-electron chi connectivity index (χ4n) is 2.21. The van der Waals surface area contributed by atoms with E-state index in [0.29, 0.717) is 25.4 Å². The number of guanidine groups is 1. The first kappa shape index (κ1) is 22.0. The van der Waals surface area contributed by atoms with Gasteiger partial charge in [-0.1, -0.05) is 26.0 Å². The molecule has 6 nitrogen and oxygen atoms in total. The number of nitrogens with one attached hydrogen (secondary N) is 3. The van der Waals surface area contributed by atoms with Gasteiger partial charge in [-0.15, -0.1) is 0 Å². The summed E-state index contributed by atoms with van der Waals surface area (Å²) in [4.78, 5) is 16.5. The van der Waals surface area contributed by atoms with Gasteiger partial charge in [-0.2, -0.15) is 0 Å². The van der Waals surface area contributed by atoms with E-state index in [1.165, 1.54) is 0 Å². The highest BCUT2D eigenvalue weighted by Crippen LogP contribution is 2.13. The second-order valence-corrected chi connectivity index (χ2v) is 7.36. The summed E-state index contributed by atoms with van der Waals surface area (Å²) in [5.74, 6) is 1.12. The number of carbonyl (C=O) groups excluding carboxylic acids is 1. The summed E-state index contributed by atoms with van der Waals surface area (Å²) in [5, 5.41) is 9.47. The third-order valence-electron chi connectivity index (χ3n) is 3.80. The smallest absolute Gasteiger partial charge is 0.224 e. The minimum absolute atomic E-state index is 0.0393. The number of nitrogens with zero attached hydrogens (tertiary/aromatic N) is 1. The minimum Gasteiger partial charge on any atom is -0.377 e. The van der Waals surface area contributed by atoms with E-state index in [9.17, 15) is 4.79 Å². The molecule has 0 spiro atoms. The lowest BCUT2D eigenvalue weighted by Gasteiger charge is -2.24. The highest BCUT2D eigenvalue weighted by molar-refractivity contribution is 5.90. The molecule has 0 saturated carbocycles. The Labute approximate surface area is 157 Å². The normalized spacial score (nSPS) is 12.2. The van der Waals surface area contributed by atoms with Crippen molar-refractivity contribution in [2.24, 2.45) is 10.9 Å². The number of anilines is 1. The SMILES string of the molecule is CCNC(=NCc1cccc(NC(=O)CC(C)C)c1)NCC(C)(C)OC. The second kappa shape index (κ2) is 10.8. The van der Waals surface area contributed by atoms with Gasteiger partial charge in [0.05, 0.1) is 12.1 Å². The standard InChI is InChI=1S/C20H34N4O2/c1-7-21-19(23-14-20(4,5)26-6)22-13-16-9-8-10-17(12-16)24-18(25)11-15(2)3/h8-10,12,15H,7,11,13-14H2,1-6H3,(H,24,25)(H2,21,22,23). The van der Waals surface area contributed by atoms with E-state index in [1.807, 2.05) is 58.9 Å². The van der Waals surface area contributed by atoms with E-state index >= 15 is 0 Å². The van der Waals surface area contributed by atoms with Gasteiger partial charge < -0.3 is 20.7 Å². The lowest BCUT2D eigenvalue weighted by molar-refractivity contribution is -0.116. The third kappa shape index (κ3) is 8.85. The Kier molecular flexibility index (Phi) is 9.13. The highest BCUT2D eigenvalue weighted by atomic mass is 16.5. The predicted molar refractivity (Wildman–Crippen MR) is 108 cm³/mol. The lowest BCUT2D eigenvalue weighted by Crippen LogP contribution is -2.45. The molecule has 1 rings (SSSR count). The molecule has 0 aliphatic rings. The Morgan fingerprint density at radius 3 is 2.62 bits per heavy atom. The predicted octanol–water partition coefficient (Wildman–Crippen LogP) is 3.15. The van der Waals surface area contributed by atoms with Crippen molar-refractivity contribution in [2.75, 3.05) is 25.5 Å². The monoisotopic (exact) mass is 362 g/mol. The quantitative estimate of drug-likeness (QED) is 0.466.